The smallest absolute Gasteiger partial charge is 0.259 e. The Bertz CT molecular complexity index is 486. The molecule has 1 unspecified atom stereocenters. The highest BCUT2D eigenvalue weighted by Crippen LogP contribution is 2.26. The molecule has 0 saturated carbocycles. The second-order valence-electron chi connectivity index (χ2n) is 3.23. The Kier molecular flexibility index (Phi) is 3.19. The van der Waals surface area contributed by atoms with Crippen LogP contribution in [0.1, 0.15) is 11.9 Å². The van der Waals surface area contributed by atoms with Crippen LogP contribution in [0.25, 0.3) is 11.5 Å². The summed E-state index contributed by atoms with van der Waals surface area (Å²) in [6.45, 7) is -0.235. The lowest BCUT2D eigenvalue weighted by Gasteiger charge is -1.99. The normalized spacial score (nSPS) is 12.7. The van der Waals surface area contributed by atoms with Crippen LogP contribution < -0.4 is 5.73 Å². The molecule has 0 bridgehead atoms. The first-order valence-corrected chi connectivity index (χ1v) is 5.05. The van der Waals surface area contributed by atoms with Gasteiger partial charge in [-0.05, 0) is 12.1 Å². The number of aromatic nitrogens is 2. The van der Waals surface area contributed by atoms with E-state index in [2.05, 4.69) is 10.1 Å². The van der Waals surface area contributed by atoms with Gasteiger partial charge in [0, 0.05) is 0 Å². The molecule has 0 aliphatic heterocycles. The standard InChI is InChI=1S/C10H10ClN3O2/c11-7-4-2-1-3-6(7)10-13-9(14-16-10)8(12)5-15/h1-4,8,15H,5,12H2. The van der Waals surface area contributed by atoms with Gasteiger partial charge in [0.15, 0.2) is 5.82 Å². The van der Waals surface area contributed by atoms with E-state index in [1.54, 1.807) is 12.1 Å². The molecule has 0 radical (unpaired) electrons. The molecule has 0 aliphatic carbocycles. The minimum absolute atomic E-state index is 0.235. The predicted molar refractivity (Wildman–Crippen MR) is 58.8 cm³/mol. The van der Waals surface area contributed by atoms with Gasteiger partial charge in [-0.15, -0.1) is 0 Å². The third-order valence-corrected chi connectivity index (χ3v) is 2.40. The minimum atomic E-state index is -0.639. The summed E-state index contributed by atoms with van der Waals surface area (Å²) in [5, 5.41) is 13.0. The average Bonchev–Trinajstić information content (AvgIpc) is 2.78. The first-order valence-electron chi connectivity index (χ1n) is 4.67. The van der Waals surface area contributed by atoms with Crippen molar-refractivity contribution in [2.45, 2.75) is 6.04 Å². The van der Waals surface area contributed by atoms with Crippen LogP contribution in [0.3, 0.4) is 0 Å². The number of rotatable bonds is 3. The van der Waals surface area contributed by atoms with Crippen LogP contribution in [0.15, 0.2) is 28.8 Å². The number of aliphatic hydroxyl groups is 1. The van der Waals surface area contributed by atoms with Gasteiger partial charge in [0.1, 0.15) is 0 Å². The molecule has 5 nitrogen and oxygen atoms in total. The molecular weight excluding hydrogens is 230 g/mol. The van der Waals surface area contributed by atoms with Crippen LogP contribution >= 0.6 is 11.6 Å². The minimum Gasteiger partial charge on any atom is -0.394 e. The zero-order valence-corrected chi connectivity index (χ0v) is 9.05. The van der Waals surface area contributed by atoms with Crippen molar-refractivity contribution in [3.05, 3.63) is 35.1 Å². The van der Waals surface area contributed by atoms with Gasteiger partial charge >= 0.3 is 0 Å². The van der Waals surface area contributed by atoms with Crippen molar-refractivity contribution in [1.29, 1.82) is 0 Å². The number of benzene rings is 1. The van der Waals surface area contributed by atoms with Gasteiger partial charge in [-0.25, -0.2) is 0 Å². The lowest BCUT2D eigenvalue weighted by Crippen LogP contribution is -2.15. The average molecular weight is 240 g/mol. The lowest BCUT2D eigenvalue weighted by atomic mass is 10.2. The second-order valence-corrected chi connectivity index (χ2v) is 3.63. The summed E-state index contributed by atoms with van der Waals surface area (Å²) in [6, 6.07) is 6.48. The number of aliphatic hydroxyl groups excluding tert-OH is 1. The highest BCUT2D eigenvalue weighted by atomic mass is 35.5. The maximum absolute atomic E-state index is 8.85. The van der Waals surface area contributed by atoms with Crippen LogP contribution in [0.4, 0.5) is 0 Å². The molecule has 1 aromatic heterocycles. The molecule has 1 atom stereocenters. The van der Waals surface area contributed by atoms with Crippen LogP contribution in [-0.4, -0.2) is 21.9 Å². The SMILES string of the molecule is NC(CO)c1noc(-c2ccccc2Cl)n1. The van der Waals surface area contributed by atoms with Crippen molar-refractivity contribution in [3.8, 4) is 11.5 Å². The molecule has 1 aromatic carbocycles. The number of nitrogens with two attached hydrogens (primary N) is 1. The van der Waals surface area contributed by atoms with Crippen LogP contribution in [0, 0.1) is 0 Å². The van der Waals surface area contributed by atoms with Crippen LogP contribution in [0.2, 0.25) is 5.02 Å². The summed E-state index contributed by atoms with van der Waals surface area (Å²) in [6.07, 6.45) is 0. The molecule has 0 amide bonds. The molecule has 1 heterocycles. The molecule has 0 spiro atoms. The summed E-state index contributed by atoms with van der Waals surface area (Å²) in [5.74, 6) is 0.557. The van der Waals surface area contributed by atoms with Crippen molar-refractivity contribution in [2.75, 3.05) is 6.61 Å². The van der Waals surface area contributed by atoms with Crippen molar-refractivity contribution >= 4 is 11.6 Å². The van der Waals surface area contributed by atoms with Crippen molar-refractivity contribution in [2.24, 2.45) is 5.73 Å². The Morgan fingerprint density at radius 1 is 1.44 bits per heavy atom. The maximum atomic E-state index is 8.85. The predicted octanol–water partition coefficient (Wildman–Crippen LogP) is 1.38. The van der Waals surface area contributed by atoms with E-state index in [0.29, 0.717) is 16.5 Å². The van der Waals surface area contributed by atoms with E-state index in [1.165, 1.54) is 0 Å². The van der Waals surface area contributed by atoms with Crippen LogP contribution in [-0.2, 0) is 0 Å². The second kappa shape index (κ2) is 4.61. The fraction of sp³-hybridized carbons (Fsp3) is 0.200. The van der Waals surface area contributed by atoms with E-state index in [0.717, 1.165) is 0 Å². The van der Waals surface area contributed by atoms with Gasteiger partial charge < -0.3 is 15.4 Å². The van der Waals surface area contributed by atoms with Gasteiger partial charge in [-0.2, -0.15) is 4.98 Å². The van der Waals surface area contributed by atoms with Gasteiger partial charge in [-0.3, -0.25) is 0 Å². The van der Waals surface area contributed by atoms with E-state index in [4.69, 9.17) is 27.0 Å². The number of hydrogen-bond donors (Lipinski definition) is 2. The lowest BCUT2D eigenvalue weighted by molar-refractivity contribution is 0.260. The highest BCUT2D eigenvalue weighted by Gasteiger charge is 2.15. The molecule has 0 aliphatic rings. The number of halogens is 1. The van der Waals surface area contributed by atoms with E-state index in [9.17, 15) is 0 Å². The van der Waals surface area contributed by atoms with Crippen LogP contribution in [0.5, 0.6) is 0 Å². The van der Waals surface area contributed by atoms with E-state index >= 15 is 0 Å². The maximum Gasteiger partial charge on any atom is 0.259 e. The number of nitrogens with zero attached hydrogens (tertiary/aromatic N) is 2. The topological polar surface area (TPSA) is 85.2 Å². The largest absolute Gasteiger partial charge is 0.394 e. The summed E-state index contributed by atoms with van der Waals surface area (Å²) < 4.78 is 5.02. The molecule has 84 valence electrons. The van der Waals surface area contributed by atoms with E-state index in [-0.39, 0.29) is 12.4 Å². The first kappa shape index (κ1) is 11.1. The van der Waals surface area contributed by atoms with Gasteiger partial charge in [0.2, 0.25) is 0 Å². The third kappa shape index (κ3) is 2.06. The molecule has 3 N–H and O–H groups in total. The molecule has 0 fully saturated rings. The fourth-order valence-electron chi connectivity index (χ4n) is 1.21. The van der Waals surface area contributed by atoms with E-state index < -0.39 is 6.04 Å². The zero-order chi connectivity index (χ0) is 11.5. The molecular formula is C10H10ClN3O2. The Morgan fingerprint density at radius 3 is 2.88 bits per heavy atom. The first-order chi connectivity index (χ1) is 7.72. The van der Waals surface area contributed by atoms with Crippen molar-refractivity contribution in [3.63, 3.8) is 0 Å². The van der Waals surface area contributed by atoms with Crippen molar-refractivity contribution < 1.29 is 9.63 Å². The van der Waals surface area contributed by atoms with E-state index in [1.807, 2.05) is 12.1 Å². The Hall–Kier alpha value is -1.43. The molecule has 16 heavy (non-hydrogen) atoms. The number of hydrogen-bond acceptors (Lipinski definition) is 5. The summed E-state index contributed by atoms with van der Waals surface area (Å²) in [4.78, 5) is 4.06. The van der Waals surface area contributed by atoms with Crippen molar-refractivity contribution in [1.82, 2.24) is 10.1 Å². The molecule has 2 rings (SSSR count). The molecule has 6 heteroatoms. The Labute approximate surface area is 96.8 Å². The third-order valence-electron chi connectivity index (χ3n) is 2.07. The quantitative estimate of drug-likeness (QED) is 0.845. The summed E-state index contributed by atoms with van der Waals surface area (Å²) in [7, 11) is 0. The van der Waals surface area contributed by atoms with Gasteiger partial charge in [0.05, 0.1) is 23.2 Å². The fourth-order valence-corrected chi connectivity index (χ4v) is 1.43. The summed E-state index contributed by atoms with van der Waals surface area (Å²) >= 11 is 5.97. The molecule has 2 aromatic rings. The van der Waals surface area contributed by atoms with Gasteiger partial charge in [-0.1, -0.05) is 28.9 Å². The monoisotopic (exact) mass is 239 g/mol. The Morgan fingerprint density at radius 2 is 2.19 bits per heavy atom. The highest BCUT2D eigenvalue weighted by molar-refractivity contribution is 6.33. The zero-order valence-electron chi connectivity index (χ0n) is 8.30. The summed E-state index contributed by atoms with van der Waals surface area (Å²) in [5.41, 5.74) is 6.20. The molecule has 0 saturated heterocycles. The Balaban J connectivity index is 2.35. The van der Waals surface area contributed by atoms with Gasteiger partial charge in [0.25, 0.3) is 5.89 Å².